The molecule has 2 aromatic carbocycles. The number of para-hydroxylation sites is 2. The Bertz CT molecular complexity index is 886. The minimum Gasteiger partial charge on any atom is -0.388 e. The molecule has 0 unspecified atom stereocenters. The maximum atomic E-state index is 12.6. The molecule has 1 N–H and O–H groups in total. The van der Waals surface area contributed by atoms with Gasteiger partial charge in [0, 0.05) is 29.8 Å². The van der Waals surface area contributed by atoms with Gasteiger partial charge in [-0.05, 0) is 30.3 Å². The minimum atomic E-state index is -0.108. The standard InChI is InChI=1S/C16H14BrN3O/c1-18-12-8-7-10(17)9-11(12)15-16(21)20(2)14-6-4-3-5-13(14)19-15/h3-9,18H,1-2H3. The predicted molar refractivity (Wildman–Crippen MR) is 89.7 cm³/mol. The zero-order valence-corrected chi connectivity index (χ0v) is 13.3. The number of hydrogen-bond acceptors (Lipinski definition) is 3. The molecule has 0 amide bonds. The average Bonchev–Trinajstić information content (AvgIpc) is 2.51. The van der Waals surface area contributed by atoms with E-state index < -0.39 is 0 Å². The Labute approximate surface area is 130 Å². The summed E-state index contributed by atoms with van der Waals surface area (Å²) in [5.41, 5.74) is 3.63. The van der Waals surface area contributed by atoms with Gasteiger partial charge in [-0.2, -0.15) is 0 Å². The molecule has 3 aromatic rings. The van der Waals surface area contributed by atoms with Gasteiger partial charge in [0.05, 0.1) is 11.0 Å². The molecular formula is C16H14BrN3O. The van der Waals surface area contributed by atoms with Gasteiger partial charge in [0.15, 0.2) is 0 Å². The second-order valence-corrected chi connectivity index (χ2v) is 5.67. The van der Waals surface area contributed by atoms with Crippen LogP contribution in [0.2, 0.25) is 0 Å². The van der Waals surface area contributed by atoms with Gasteiger partial charge in [0.25, 0.3) is 5.56 Å². The molecule has 4 nitrogen and oxygen atoms in total. The number of anilines is 1. The zero-order chi connectivity index (χ0) is 15.0. The van der Waals surface area contributed by atoms with E-state index in [2.05, 4.69) is 26.2 Å². The van der Waals surface area contributed by atoms with Crippen LogP contribution in [0.4, 0.5) is 5.69 Å². The number of benzene rings is 2. The van der Waals surface area contributed by atoms with Crippen molar-refractivity contribution in [3.05, 3.63) is 57.3 Å². The van der Waals surface area contributed by atoms with Crippen LogP contribution in [0, 0.1) is 0 Å². The highest BCUT2D eigenvalue weighted by atomic mass is 79.9. The highest BCUT2D eigenvalue weighted by molar-refractivity contribution is 9.10. The summed E-state index contributed by atoms with van der Waals surface area (Å²) < 4.78 is 2.55. The van der Waals surface area contributed by atoms with Gasteiger partial charge in [-0.3, -0.25) is 4.79 Å². The van der Waals surface area contributed by atoms with Crippen molar-refractivity contribution in [2.45, 2.75) is 0 Å². The first-order chi connectivity index (χ1) is 10.1. The molecule has 106 valence electrons. The van der Waals surface area contributed by atoms with Crippen molar-refractivity contribution in [2.75, 3.05) is 12.4 Å². The number of aromatic nitrogens is 2. The molecule has 1 heterocycles. The average molecular weight is 344 g/mol. The van der Waals surface area contributed by atoms with Gasteiger partial charge in [-0.25, -0.2) is 4.98 Å². The summed E-state index contributed by atoms with van der Waals surface area (Å²) in [4.78, 5) is 17.2. The molecule has 0 bridgehead atoms. The summed E-state index contributed by atoms with van der Waals surface area (Å²) in [6, 6.07) is 13.4. The molecule has 0 spiro atoms. The fourth-order valence-electron chi connectivity index (χ4n) is 2.38. The molecule has 0 aliphatic rings. The third-order valence-electron chi connectivity index (χ3n) is 3.49. The van der Waals surface area contributed by atoms with E-state index in [1.807, 2.05) is 49.5 Å². The molecule has 0 saturated carbocycles. The van der Waals surface area contributed by atoms with Gasteiger partial charge in [-0.15, -0.1) is 0 Å². The molecule has 0 aliphatic heterocycles. The number of nitrogens with zero attached hydrogens (tertiary/aromatic N) is 2. The summed E-state index contributed by atoms with van der Waals surface area (Å²) in [7, 11) is 3.60. The molecule has 21 heavy (non-hydrogen) atoms. The smallest absolute Gasteiger partial charge is 0.277 e. The lowest BCUT2D eigenvalue weighted by atomic mass is 10.1. The van der Waals surface area contributed by atoms with Crippen LogP contribution in [-0.4, -0.2) is 16.6 Å². The lowest BCUT2D eigenvalue weighted by Gasteiger charge is -2.11. The minimum absolute atomic E-state index is 0.108. The van der Waals surface area contributed by atoms with Crippen LogP contribution in [0.3, 0.4) is 0 Å². The highest BCUT2D eigenvalue weighted by Crippen LogP contribution is 2.28. The van der Waals surface area contributed by atoms with Gasteiger partial charge in [0.2, 0.25) is 0 Å². The fourth-order valence-corrected chi connectivity index (χ4v) is 2.75. The summed E-state index contributed by atoms with van der Waals surface area (Å²) in [6.07, 6.45) is 0. The van der Waals surface area contributed by atoms with Crippen LogP contribution in [0.5, 0.6) is 0 Å². The molecule has 5 heteroatoms. The number of rotatable bonds is 2. The molecule has 1 aromatic heterocycles. The molecule has 0 atom stereocenters. The zero-order valence-electron chi connectivity index (χ0n) is 11.7. The monoisotopic (exact) mass is 343 g/mol. The van der Waals surface area contributed by atoms with Gasteiger partial charge < -0.3 is 9.88 Å². The molecular weight excluding hydrogens is 330 g/mol. The van der Waals surface area contributed by atoms with Crippen molar-refractivity contribution in [1.29, 1.82) is 0 Å². The SMILES string of the molecule is CNc1ccc(Br)cc1-c1nc2ccccc2n(C)c1=O. The second-order valence-electron chi connectivity index (χ2n) is 4.75. The van der Waals surface area contributed by atoms with E-state index in [1.165, 1.54) is 0 Å². The van der Waals surface area contributed by atoms with Crippen molar-refractivity contribution in [3.8, 4) is 11.3 Å². The predicted octanol–water partition coefficient (Wildman–Crippen LogP) is 3.40. The Balaban J connectivity index is 2.38. The Morgan fingerprint density at radius 3 is 2.71 bits per heavy atom. The van der Waals surface area contributed by atoms with Crippen LogP contribution >= 0.6 is 15.9 Å². The Kier molecular flexibility index (Phi) is 3.51. The number of aryl methyl sites for hydroxylation is 1. The molecule has 0 radical (unpaired) electrons. The quantitative estimate of drug-likeness (QED) is 0.775. The topological polar surface area (TPSA) is 46.9 Å². The first-order valence-corrected chi connectivity index (χ1v) is 7.34. The summed E-state index contributed by atoms with van der Waals surface area (Å²) >= 11 is 3.45. The Morgan fingerprint density at radius 1 is 1.19 bits per heavy atom. The summed E-state index contributed by atoms with van der Waals surface area (Å²) in [6.45, 7) is 0. The maximum absolute atomic E-state index is 12.6. The third kappa shape index (κ3) is 2.34. The first-order valence-electron chi connectivity index (χ1n) is 6.55. The summed E-state index contributed by atoms with van der Waals surface area (Å²) in [5.74, 6) is 0. The fraction of sp³-hybridized carbons (Fsp3) is 0.125. The molecule has 0 fully saturated rings. The normalized spacial score (nSPS) is 10.8. The third-order valence-corrected chi connectivity index (χ3v) is 3.98. The number of fused-ring (bicyclic) bond motifs is 1. The lowest BCUT2D eigenvalue weighted by molar-refractivity contribution is 0.896. The van der Waals surface area contributed by atoms with Crippen LogP contribution in [0.25, 0.3) is 22.3 Å². The van der Waals surface area contributed by atoms with Crippen molar-refractivity contribution in [3.63, 3.8) is 0 Å². The van der Waals surface area contributed by atoms with Crippen LogP contribution in [-0.2, 0) is 7.05 Å². The van der Waals surface area contributed by atoms with E-state index >= 15 is 0 Å². The molecule has 3 rings (SSSR count). The molecule has 0 saturated heterocycles. The molecule has 0 aliphatic carbocycles. The Morgan fingerprint density at radius 2 is 1.95 bits per heavy atom. The van der Waals surface area contributed by atoms with Crippen molar-refractivity contribution < 1.29 is 0 Å². The number of nitrogens with one attached hydrogen (secondary N) is 1. The summed E-state index contributed by atoms with van der Waals surface area (Å²) in [5, 5.41) is 3.11. The maximum Gasteiger partial charge on any atom is 0.277 e. The van der Waals surface area contributed by atoms with Crippen LogP contribution < -0.4 is 10.9 Å². The van der Waals surface area contributed by atoms with E-state index in [0.29, 0.717) is 5.69 Å². The van der Waals surface area contributed by atoms with Crippen molar-refractivity contribution >= 4 is 32.7 Å². The van der Waals surface area contributed by atoms with Gasteiger partial charge in [0.1, 0.15) is 5.69 Å². The highest BCUT2D eigenvalue weighted by Gasteiger charge is 2.14. The van der Waals surface area contributed by atoms with E-state index in [0.717, 1.165) is 26.8 Å². The van der Waals surface area contributed by atoms with E-state index in [4.69, 9.17) is 0 Å². The van der Waals surface area contributed by atoms with Crippen molar-refractivity contribution in [2.24, 2.45) is 7.05 Å². The first kappa shape index (κ1) is 13.8. The number of hydrogen-bond donors (Lipinski definition) is 1. The number of halogens is 1. The van der Waals surface area contributed by atoms with E-state index in [1.54, 1.807) is 11.6 Å². The van der Waals surface area contributed by atoms with Gasteiger partial charge >= 0.3 is 0 Å². The van der Waals surface area contributed by atoms with Gasteiger partial charge in [-0.1, -0.05) is 28.1 Å². The van der Waals surface area contributed by atoms with Crippen molar-refractivity contribution in [1.82, 2.24) is 9.55 Å². The van der Waals surface area contributed by atoms with E-state index in [9.17, 15) is 4.79 Å². The lowest BCUT2D eigenvalue weighted by Crippen LogP contribution is -2.21. The van der Waals surface area contributed by atoms with Crippen LogP contribution in [0.15, 0.2) is 51.7 Å². The van der Waals surface area contributed by atoms with E-state index in [-0.39, 0.29) is 5.56 Å². The second kappa shape index (κ2) is 5.33. The Hall–Kier alpha value is -2.14. The largest absolute Gasteiger partial charge is 0.388 e. The van der Waals surface area contributed by atoms with Crippen LogP contribution in [0.1, 0.15) is 0 Å².